The van der Waals surface area contributed by atoms with Gasteiger partial charge in [0.25, 0.3) is 0 Å². The van der Waals surface area contributed by atoms with E-state index in [-0.39, 0.29) is 0 Å². The van der Waals surface area contributed by atoms with E-state index in [0.29, 0.717) is 0 Å². The van der Waals surface area contributed by atoms with Crippen LogP contribution in [0.3, 0.4) is 0 Å². The van der Waals surface area contributed by atoms with Gasteiger partial charge in [-0.05, 0) is 0 Å². The molecule has 0 N–H and O–H groups in total. The van der Waals surface area contributed by atoms with E-state index in [0.717, 1.165) is 0 Å². The van der Waals surface area contributed by atoms with Crippen LogP contribution >= 0.6 is 0 Å². The summed E-state index contributed by atoms with van der Waals surface area (Å²) in [5, 5.41) is 0. The second-order valence-electron chi connectivity index (χ2n) is 3.25. The standard InChI is InChI=1S/C3H9Si.BF3.Li/c1-4(2)3;2-1(3)4;/h1-3H3;;. The fourth-order valence-corrected chi connectivity index (χ4v) is 0. The average molecular weight is 148 g/mol. The van der Waals surface area contributed by atoms with E-state index < -0.39 is 13.9 Å². The third-order valence-corrected chi connectivity index (χ3v) is 0. The van der Waals surface area contributed by atoms with Crippen molar-refractivity contribution in [2.75, 3.05) is 0 Å². The summed E-state index contributed by atoms with van der Waals surface area (Å²) in [6.07, 6.45) is -0.611. The Kier molecular flexibility index (Phi) is 7.49. The van der Waals surface area contributed by atoms with Gasteiger partial charge in [-0.25, -0.2) is 0 Å². The van der Waals surface area contributed by atoms with Crippen LogP contribution in [0.4, 0.5) is 12.9 Å². The Bertz CT molecular complexity index is 55.8. The Labute approximate surface area is 64.0 Å². The first-order valence-corrected chi connectivity index (χ1v) is 6.65. The van der Waals surface area contributed by atoms with Gasteiger partial charge in [0.15, 0.2) is 0 Å². The molecule has 0 heterocycles. The van der Waals surface area contributed by atoms with Crippen LogP contribution in [0.5, 0.6) is 0 Å². The van der Waals surface area contributed by atoms with Crippen molar-refractivity contribution in [2.24, 2.45) is 0 Å². The van der Waals surface area contributed by atoms with E-state index in [1.54, 1.807) is 0 Å². The molecule has 0 aromatic carbocycles. The van der Waals surface area contributed by atoms with Gasteiger partial charge in [-0.3, -0.25) is 12.9 Å². The Morgan fingerprint density at radius 2 is 1.11 bits per heavy atom. The van der Waals surface area contributed by atoms with E-state index in [1.165, 1.54) is 0 Å². The molecule has 0 aliphatic heterocycles. The zero-order valence-corrected chi connectivity index (χ0v) is 7.21. The molecule has 0 atom stereocenters. The van der Waals surface area contributed by atoms with Gasteiger partial charge in [0.2, 0.25) is 0 Å². The summed E-state index contributed by atoms with van der Waals surface area (Å²) in [6, 6.07) is 0. The van der Waals surface area contributed by atoms with Crippen molar-refractivity contribution in [3.63, 3.8) is 0 Å². The minimum absolute atomic E-state index is 0.611. The fraction of sp³-hybridized carbons (Fsp3) is 1.00. The first-order chi connectivity index (χ1) is 3.73. The van der Waals surface area contributed by atoms with E-state index in [4.69, 9.17) is 0 Å². The zero-order chi connectivity index (χ0) is 8.08. The van der Waals surface area contributed by atoms with Gasteiger partial charge in [0, 0.05) is 0 Å². The van der Waals surface area contributed by atoms with Gasteiger partial charge in [-0.1, -0.05) is 0 Å². The summed E-state index contributed by atoms with van der Waals surface area (Å²) in [6.45, 7) is 6.98. The first kappa shape index (κ1) is 12.4. The molecule has 0 aromatic heterocycles. The molecule has 0 spiro atoms. The average Bonchev–Trinajstić information content (AvgIpc) is 1.19. The molecule has 0 rings (SSSR count). The molecule has 0 saturated carbocycles. The molecule has 0 bridgehead atoms. The molecule has 0 aromatic rings. The first-order valence-electron chi connectivity index (χ1n) is 2.65. The minimum atomic E-state index is -3.67. The molecule has 0 unspecified atom stereocenters. The summed E-state index contributed by atoms with van der Waals surface area (Å²) >= 11 is 2.33. The molecule has 50 valence electrons. The van der Waals surface area contributed by atoms with Crippen LogP contribution in [-0.2, 0) is 0 Å². The third-order valence-electron chi connectivity index (χ3n) is 0. The monoisotopic (exact) mass is 148 g/mol. The fourth-order valence-electron chi connectivity index (χ4n) is 0. The predicted molar refractivity (Wildman–Crippen MR) is 38.2 cm³/mol. The number of rotatable bonds is 0. The number of halogens is 3. The Balaban J connectivity index is 0. The molecular formula is C3H9BF3LiSi. The Morgan fingerprint density at radius 1 is 1.11 bits per heavy atom. The molecule has 0 nitrogen and oxygen atoms in total. The predicted octanol–water partition coefficient (Wildman–Crippen LogP) is 1.87. The van der Waals surface area contributed by atoms with Crippen LogP contribution in [0.15, 0.2) is 0 Å². The van der Waals surface area contributed by atoms with Crippen molar-refractivity contribution in [3.05, 3.63) is 0 Å². The van der Waals surface area contributed by atoms with Crippen molar-refractivity contribution in [1.29, 1.82) is 0 Å². The van der Waals surface area contributed by atoms with E-state index in [9.17, 15) is 12.9 Å². The normalized spacial score (nSPS) is 9.78. The van der Waals surface area contributed by atoms with Crippen molar-refractivity contribution < 1.29 is 12.9 Å². The molecule has 0 amide bonds. The van der Waals surface area contributed by atoms with Crippen LogP contribution < -0.4 is 0 Å². The summed E-state index contributed by atoms with van der Waals surface area (Å²) in [5.74, 6) is 0. The second kappa shape index (κ2) is 5.45. The third kappa shape index (κ3) is 861. The summed E-state index contributed by atoms with van der Waals surface area (Å²) in [7, 11) is -3.67. The van der Waals surface area contributed by atoms with Crippen LogP contribution in [0.1, 0.15) is 0 Å². The topological polar surface area (TPSA) is 0 Å². The quantitative estimate of drug-likeness (QED) is 0.460. The molecule has 0 aliphatic rings. The second-order valence-corrected chi connectivity index (χ2v) is 9.25. The van der Waals surface area contributed by atoms with Gasteiger partial charge in [0.1, 0.15) is 0 Å². The van der Waals surface area contributed by atoms with Crippen LogP contribution in [0, 0.1) is 0 Å². The van der Waals surface area contributed by atoms with E-state index in [1.807, 2.05) is 0 Å². The van der Waals surface area contributed by atoms with Gasteiger partial charge in [-0.15, -0.1) is 0 Å². The van der Waals surface area contributed by atoms with Crippen molar-refractivity contribution in [3.8, 4) is 0 Å². The maximum atomic E-state index is 9.67. The molecule has 0 aliphatic carbocycles. The van der Waals surface area contributed by atoms with E-state index >= 15 is 0 Å². The molecule has 0 saturated heterocycles. The Hall–Kier alpha value is 0.669. The van der Waals surface area contributed by atoms with Gasteiger partial charge in [-0.2, -0.15) is 0 Å². The number of hydrogen-bond donors (Lipinski definition) is 0. The molecule has 6 heteroatoms. The molecule has 9 heavy (non-hydrogen) atoms. The van der Waals surface area contributed by atoms with Crippen LogP contribution in [0.25, 0.3) is 0 Å². The SMILES string of the molecule is FB(F)F.[Li][Si](C)(C)C. The Morgan fingerprint density at radius 3 is 1.11 bits per heavy atom. The van der Waals surface area contributed by atoms with Crippen molar-refractivity contribution in [2.45, 2.75) is 19.6 Å². The molecule has 0 fully saturated rings. The van der Waals surface area contributed by atoms with Crippen LogP contribution in [-0.4, -0.2) is 31.0 Å². The van der Waals surface area contributed by atoms with Gasteiger partial charge >= 0.3 is 50.6 Å². The summed E-state index contributed by atoms with van der Waals surface area (Å²) < 4.78 is 29.0. The zero-order valence-electron chi connectivity index (χ0n) is 6.21. The van der Waals surface area contributed by atoms with Crippen LogP contribution in [0.2, 0.25) is 19.6 Å². The molecule has 0 radical (unpaired) electrons. The van der Waals surface area contributed by atoms with Gasteiger partial charge in [0.05, 0.1) is 0 Å². The van der Waals surface area contributed by atoms with E-state index in [2.05, 4.69) is 36.7 Å². The number of hydrogen-bond acceptors (Lipinski definition) is 0. The van der Waals surface area contributed by atoms with Crippen molar-refractivity contribution >= 4 is 31.0 Å². The maximum absolute atomic E-state index is 9.67. The summed E-state index contributed by atoms with van der Waals surface area (Å²) in [4.78, 5) is 0. The van der Waals surface area contributed by atoms with Gasteiger partial charge < -0.3 is 0 Å². The summed E-state index contributed by atoms with van der Waals surface area (Å²) in [5.41, 5.74) is 0. The van der Waals surface area contributed by atoms with Crippen molar-refractivity contribution in [1.82, 2.24) is 0 Å². The molecular weight excluding hydrogens is 139 g/mol.